The van der Waals surface area contributed by atoms with Crippen LogP contribution in [0.4, 0.5) is 0 Å². The molecule has 0 atom stereocenters. The quantitative estimate of drug-likeness (QED) is 0.483. The minimum absolute atomic E-state index is 0.296. The summed E-state index contributed by atoms with van der Waals surface area (Å²) in [5, 5.41) is 31.6. The van der Waals surface area contributed by atoms with Crippen LogP contribution in [-0.4, -0.2) is 44.3 Å². The van der Waals surface area contributed by atoms with Crippen LogP contribution in [0, 0.1) is 0 Å². The van der Waals surface area contributed by atoms with Crippen LogP contribution in [-0.2, 0) is 42.9 Å². The van der Waals surface area contributed by atoms with Gasteiger partial charge in [0.2, 0.25) is 0 Å². The van der Waals surface area contributed by atoms with E-state index in [1.165, 1.54) is 0 Å². The minimum atomic E-state index is -1.08. The Morgan fingerprint density at radius 3 is 0.722 bits per heavy atom. The van der Waals surface area contributed by atoms with Crippen molar-refractivity contribution in [1.82, 2.24) is 0 Å². The molecule has 0 rings (SSSR count). The molecule has 0 aromatic rings. The van der Waals surface area contributed by atoms with E-state index in [0.717, 1.165) is 20.4 Å². The van der Waals surface area contributed by atoms with Gasteiger partial charge in [0.1, 0.15) is 0 Å². The number of carboxylic acids is 4. The Hall–Kier alpha value is -1.61. The number of carboxylic acid groups (broad SMARTS) is 4. The molecule has 0 radical (unpaired) electrons. The van der Waals surface area contributed by atoms with E-state index in [0.29, 0.717) is 0 Å². The molecular weight excluding hydrogens is 288 g/mol. The molecule has 0 heterocycles. The molecule has 102 valence electrons. The summed E-state index contributed by atoms with van der Waals surface area (Å²) in [4.78, 5) is 38.6. The molecule has 0 aromatic heterocycles. The molecule has 0 saturated carbocycles. The van der Waals surface area contributed by atoms with Crippen molar-refractivity contribution in [2.24, 2.45) is 0 Å². The predicted molar refractivity (Wildman–Crippen MR) is 49.7 cm³/mol. The molecule has 0 spiro atoms. The Labute approximate surface area is 113 Å². The summed E-state index contributed by atoms with van der Waals surface area (Å²) >= 11 is 0.750. The number of hydrogen-bond donors (Lipinski definition) is 4. The Kier molecular flexibility index (Phi) is 18.5. The second kappa shape index (κ2) is 15.4. The van der Waals surface area contributed by atoms with E-state index in [2.05, 4.69) is 0 Å². The fourth-order valence-electron chi connectivity index (χ4n) is 0.428. The van der Waals surface area contributed by atoms with E-state index in [-0.39, 0.29) is 25.7 Å². The molecular formula is C8H12O9Ti. The molecule has 0 fully saturated rings. The zero-order chi connectivity index (χ0) is 15.1. The van der Waals surface area contributed by atoms with Crippen molar-refractivity contribution >= 4 is 23.9 Å². The summed E-state index contributed by atoms with van der Waals surface area (Å²) in [6.07, 6.45) is -1.19. The average Bonchev–Trinajstić information content (AvgIpc) is 2.27. The molecule has 0 aliphatic rings. The average molecular weight is 300 g/mol. The van der Waals surface area contributed by atoms with E-state index < -0.39 is 23.9 Å². The van der Waals surface area contributed by atoms with Crippen LogP contribution in [0.2, 0.25) is 0 Å². The standard InChI is InChI=1S/2C4H6O4.O.Ti/c2*5-3(6)1-2-4(7)8;;/h2*1-2H2,(H,5,6)(H,7,8);;. The molecule has 10 heteroatoms. The van der Waals surface area contributed by atoms with Gasteiger partial charge in [-0.25, -0.2) is 0 Å². The van der Waals surface area contributed by atoms with E-state index in [1.54, 1.807) is 0 Å². The van der Waals surface area contributed by atoms with Crippen LogP contribution < -0.4 is 0 Å². The first-order valence-corrected chi connectivity index (χ1v) is 4.97. The normalized spacial score (nSPS) is 7.72. The Bertz CT molecular complexity index is 232. The van der Waals surface area contributed by atoms with Gasteiger partial charge in [0.15, 0.2) is 0 Å². The van der Waals surface area contributed by atoms with Crippen LogP contribution in [0.15, 0.2) is 0 Å². The van der Waals surface area contributed by atoms with Crippen molar-refractivity contribution in [2.45, 2.75) is 25.7 Å². The fraction of sp³-hybridized carbons (Fsp3) is 0.500. The van der Waals surface area contributed by atoms with Crippen LogP contribution in [0.3, 0.4) is 0 Å². The van der Waals surface area contributed by atoms with Crippen LogP contribution in [0.5, 0.6) is 0 Å². The van der Waals surface area contributed by atoms with Crippen LogP contribution in [0.25, 0.3) is 0 Å². The maximum atomic E-state index is 9.64. The fourth-order valence-corrected chi connectivity index (χ4v) is 0.428. The maximum absolute atomic E-state index is 9.64. The van der Waals surface area contributed by atoms with Crippen molar-refractivity contribution in [1.29, 1.82) is 0 Å². The number of hydrogen-bond acceptors (Lipinski definition) is 5. The molecule has 0 aliphatic heterocycles. The second-order valence-corrected chi connectivity index (χ2v) is 2.57. The molecule has 18 heavy (non-hydrogen) atoms. The molecule has 0 aromatic carbocycles. The third-order valence-electron chi connectivity index (χ3n) is 1.11. The monoisotopic (exact) mass is 300 g/mol. The van der Waals surface area contributed by atoms with Gasteiger partial charge in [-0.3, -0.25) is 19.2 Å². The SMILES string of the molecule is O=C(O)CCC(=O)O.O=C(O)CCC(=O)O.[O]=[Ti]. The summed E-state index contributed by atoms with van der Waals surface area (Å²) in [6, 6.07) is 0. The third-order valence-corrected chi connectivity index (χ3v) is 1.11. The first kappa shape index (κ1) is 21.7. The Balaban J connectivity index is -0.000000219. The molecule has 0 aliphatic carbocycles. The second-order valence-electron chi connectivity index (χ2n) is 2.57. The zero-order valence-electron chi connectivity index (χ0n) is 9.16. The summed E-state index contributed by atoms with van der Waals surface area (Å²) < 4.78 is 8.25. The Morgan fingerprint density at radius 2 is 0.667 bits per heavy atom. The molecule has 0 unspecified atom stereocenters. The number of carbonyl (C=O) groups is 4. The topological polar surface area (TPSA) is 166 Å². The van der Waals surface area contributed by atoms with Gasteiger partial charge < -0.3 is 20.4 Å². The van der Waals surface area contributed by atoms with Gasteiger partial charge in [-0.15, -0.1) is 0 Å². The van der Waals surface area contributed by atoms with Gasteiger partial charge in [0.05, 0.1) is 25.7 Å². The van der Waals surface area contributed by atoms with E-state index in [4.69, 9.17) is 23.8 Å². The van der Waals surface area contributed by atoms with E-state index in [9.17, 15) is 19.2 Å². The molecule has 0 saturated heterocycles. The zero-order valence-corrected chi connectivity index (χ0v) is 10.7. The molecule has 4 N–H and O–H groups in total. The summed E-state index contributed by atoms with van der Waals surface area (Å²) in [6.45, 7) is 0. The Morgan fingerprint density at radius 1 is 0.556 bits per heavy atom. The van der Waals surface area contributed by atoms with Crippen molar-refractivity contribution in [3.8, 4) is 0 Å². The van der Waals surface area contributed by atoms with Crippen LogP contribution in [0.1, 0.15) is 25.7 Å². The van der Waals surface area contributed by atoms with Gasteiger partial charge in [-0.2, -0.15) is 0 Å². The molecule has 9 nitrogen and oxygen atoms in total. The van der Waals surface area contributed by atoms with Gasteiger partial charge in [0.25, 0.3) is 0 Å². The number of rotatable bonds is 6. The van der Waals surface area contributed by atoms with E-state index in [1.807, 2.05) is 0 Å². The first-order valence-electron chi connectivity index (χ1n) is 4.33. The van der Waals surface area contributed by atoms with Crippen LogP contribution >= 0.6 is 0 Å². The summed E-state index contributed by atoms with van der Waals surface area (Å²) in [5.41, 5.74) is 0. The van der Waals surface area contributed by atoms with Gasteiger partial charge in [-0.1, -0.05) is 0 Å². The third kappa shape index (κ3) is 36.6. The predicted octanol–water partition coefficient (Wildman–Crippen LogP) is -0.250. The van der Waals surface area contributed by atoms with Crippen molar-refractivity contribution in [3.63, 3.8) is 0 Å². The van der Waals surface area contributed by atoms with Crippen molar-refractivity contribution in [2.75, 3.05) is 0 Å². The molecule has 0 bridgehead atoms. The van der Waals surface area contributed by atoms with E-state index >= 15 is 0 Å². The number of aliphatic carboxylic acids is 4. The summed E-state index contributed by atoms with van der Waals surface area (Å²) in [5.74, 6) is -4.31. The van der Waals surface area contributed by atoms with Crippen molar-refractivity contribution < 1.29 is 63.3 Å². The van der Waals surface area contributed by atoms with Gasteiger partial charge in [0, 0.05) is 0 Å². The van der Waals surface area contributed by atoms with Gasteiger partial charge >= 0.3 is 47.6 Å². The molecule has 0 amide bonds. The van der Waals surface area contributed by atoms with Gasteiger partial charge in [-0.05, 0) is 0 Å². The summed E-state index contributed by atoms with van der Waals surface area (Å²) in [7, 11) is 0. The van der Waals surface area contributed by atoms with Crippen molar-refractivity contribution in [3.05, 3.63) is 0 Å². The first-order chi connectivity index (χ1) is 8.25.